The van der Waals surface area contributed by atoms with Gasteiger partial charge >= 0.3 is 12.0 Å². The molecule has 3 amide bonds. The standard InChI is InChI=1S/C21H21F2N3O5/c1-11-10-12(2-4-14(11)22)25-20(29)13-3-5-15(23)18-16(7-9-31-19(13)18)26-21(30)24-8-6-17(27)28/h2-5,10,16H,6-9H2,1H3,(H,25,29)(H,27,28)(H2,24,26,30). The number of anilines is 1. The second-order valence-corrected chi connectivity index (χ2v) is 6.99. The summed E-state index contributed by atoms with van der Waals surface area (Å²) in [7, 11) is 0. The molecular formula is C21H21F2N3O5. The van der Waals surface area contributed by atoms with E-state index in [1.807, 2.05) is 0 Å². The maximum absolute atomic E-state index is 14.6. The van der Waals surface area contributed by atoms with Crippen LogP contribution in [-0.2, 0) is 4.79 Å². The van der Waals surface area contributed by atoms with Gasteiger partial charge in [-0.25, -0.2) is 13.6 Å². The number of fused-ring (bicyclic) bond motifs is 1. The van der Waals surface area contributed by atoms with Gasteiger partial charge in [0.2, 0.25) is 0 Å². The quantitative estimate of drug-likeness (QED) is 0.559. The van der Waals surface area contributed by atoms with Crippen molar-refractivity contribution in [3.8, 4) is 5.75 Å². The molecule has 0 aromatic heterocycles. The molecule has 1 heterocycles. The molecule has 0 aliphatic carbocycles. The van der Waals surface area contributed by atoms with Crippen LogP contribution in [0.4, 0.5) is 19.3 Å². The van der Waals surface area contributed by atoms with E-state index in [0.717, 1.165) is 6.07 Å². The number of hydrogen-bond donors (Lipinski definition) is 4. The summed E-state index contributed by atoms with van der Waals surface area (Å²) >= 11 is 0. The Kier molecular flexibility index (Phi) is 6.68. The monoisotopic (exact) mass is 433 g/mol. The number of carbonyl (C=O) groups is 3. The highest BCUT2D eigenvalue weighted by atomic mass is 19.1. The lowest BCUT2D eigenvalue weighted by Gasteiger charge is -2.28. The molecule has 10 heteroatoms. The summed E-state index contributed by atoms with van der Waals surface area (Å²) in [6.45, 7) is 1.61. The van der Waals surface area contributed by atoms with Gasteiger partial charge < -0.3 is 25.8 Å². The molecule has 1 aliphatic heterocycles. The lowest BCUT2D eigenvalue weighted by atomic mass is 9.96. The normalized spacial score (nSPS) is 14.7. The minimum atomic E-state index is -1.06. The molecule has 0 radical (unpaired) electrons. The summed E-state index contributed by atoms with van der Waals surface area (Å²) < 4.78 is 33.6. The van der Waals surface area contributed by atoms with Crippen LogP contribution in [-0.4, -0.2) is 36.2 Å². The minimum Gasteiger partial charge on any atom is -0.492 e. The summed E-state index contributed by atoms with van der Waals surface area (Å²) in [5.41, 5.74) is 0.817. The smallest absolute Gasteiger partial charge is 0.315 e. The predicted octanol–water partition coefficient (Wildman–Crippen LogP) is 3.12. The second kappa shape index (κ2) is 9.41. The molecule has 31 heavy (non-hydrogen) atoms. The molecular weight excluding hydrogens is 412 g/mol. The first-order valence-corrected chi connectivity index (χ1v) is 9.55. The van der Waals surface area contributed by atoms with E-state index in [0.29, 0.717) is 11.3 Å². The number of amides is 3. The summed E-state index contributed by atoms with van der Waals surface area (Å²) in [6, 6.07) is 5.05. The maximum Gasteiger partial charge on any atom is 0.315 e. The third kappa shape index (κ3) is 5.27. The highest BCUT2D eigenvalue weighted by Gasteiger charge is 2.30. The van der Waals surface area contributed by atoms with Gasteiger partial charge in [-0.2, -0.15) is 0 Å². The highest BCUT2D eigenvalue weighted by Crippen LogP contribution is 2.37. The van der Waals surface area contributed by atoms with Crippen molar-refractivity contribution >= 4 is 23.6 Å². The number of urea groups is 1. The molecule has 2 aromatic rings. The van der Waals surface area contributed by atoms with E-state index in [2.05, 4.69) is 16.0 Å². The van der Waals surface area contributed by atoms with Crippen molar-refractivity contribution in [2.24, 2.45) is 0 Å². The summed E-state index contributed by atoms with van der Waals surface area (Å²) in [5.74, 6) is -2.68. The van der Waals surface area contributed by atoms with Crippen LogP contribution in [0.5, 0.6) is 5.75 Å². The number of hydrogen-bond acceptors (Lipinski definition) is 4. The molecule has 1 unspecified atom stereocenters. The van der Waals surface area contributed by atoms with Crippen LogP contribution < -0.4 is 20.7 Å². The fourth-order valence-corrected chi connectivity index (χ4v) is 3.22. The Bertz CT molecular complexity index is 1030. The number of carboxylic acids is 1. The zero-order valence-electron chi connectivity index (χ0n) is 16.6. The Labute approximate surface area is 176 Å². The number of rotatable bonds is 6. The molecule has 164 valence electrons. The molecule has 8 nitrogen and oxygen atoms in total. The van der Waals surface area contributed by atoms with Crippen molar-refractivity contribution in [3.05, 3.63) is 58.7 Å². The molecule has 0 spiro atoms. The van der Waals surface area contributed by atoms with Crippen molar-refractivity contribution in [1.29, 1.82) is 0 Å². The lowest BCUT2D eigenvalue weighted by Crippen LogP contribution is -2.41. The van der Waals surface area contributed by atoms with Gasteiger partial charge in [0.25, 0.3) is 5.91 Å². The maximum atomic E-state index is 14.6. The van der Waals surface area contributed by atoms with E-state index in [1.54, 1.807) is 6.92 Å². The van der Waals surface area contributed by atoms with Crippen LogP contribution in [0.15, 0.2) is 30.3 Å². The topological polar surface area (TPSA) is 117 Å². The fourth-order valence-electron chi connectivity index (χ4n) is 3.22. The largest absolute Gasteiger partial charge is 0.492 e. The first kappa shape index (κ1) is 22.0. The molecule has 2 aromatic carbocycles. The van der Waals surface area contributed by atoms with E-state index in [4.69, 9.17) is 9.84 Å². The van der Waals surface area contributed by atoms with Gasteiger partial charge in [-0.05, 0) is 42.8 Å². The van der Waals surface area contributed by atoms with Crippen molar-refractivity contribution < 1.29 is 33.0 Å². The van der Waals surface area contributed by atoms with Crippen molar-refractivity contribution in [1.82, 2.24) is 10.6 Å². The van der Waals surface area contributed by atoms with Crippen LogP contribution >= 0.6 is 0 Å². The molecule has 3 rings (SSSR count). The van der Waals surface area contributed by atoms with E-state index in [1.165, 1.54) is 24.3 Å². The number of aliphatic carboxylic acids is 1. The van der Waals surface area contributed by atoms with E-state index in [9.17, 15) is 23.2 Å². The second-order valence-electron chi connectivity index (χ2n) is 6.99. The van der Waals surface area contributed by atoms with Crippen LogP contribution in [0.2, 0.25) is 0 Å². The lowest BCUT2D eigenvalue weighted by molar-refractivity contribution is -0.136. The molecule has 4 N–H and O–H groups in total. The number of carboxylic acid groups (broad SMARTS) is 1. The van der Waals surface area contributed by atoms with E-state index < -0.39 is 35.6 Å². The zero-order chi connectivity index (χ0) is 22.5. The van der Waals surface area contributed by atoms with Gasteiger partial charge in [0.05, 0.1) is 30.2 Å². The molecule has 0 saturated heterocycles. The zero-order valence-corrected chi connectivity index (χ0v) is 16.6. The molecule has 0 fully saturated rings. The van der Waals surface area contributed by atoms with Gasteiger partial charge in [-0.1, -0.05) is 0 Å². The van der Waals surface area contributed by atoms with Crippen LogP contribution in [0.25, 0.3) is 0 Å². The number of carbonyl (C=O) groups excluding carboxylic acids is 2. The van der Waals surface area contributed by atoms with E-state index >= 15 is 0 Å². The van der Waals surface area contributed by atoms with Crippen LogP contribution in [0.3, 0.4) is 0 Å². The van der Waals surface area contributed by atoms with Gasteiger partial charge in [-0.3, -0.25) is 9.59 Å². The molecule has 1 aliphatic rings. The van der Waals surface area contributed by atoms with Crippen molar-refractivity contribution in [3.63, 3.8) is 0 Å². The molecule has 0 bridgehead atoms. The fraction of sp³-hybridized carbons (Fsp3) is 0.286. The Hall–Kier alpha value is -3.69. The Morgan fingerprint density at radius 2 is 1.90 bits per heavy atom. The van der Waals surface area contributed by atoms with Gasteiger partial charge in [0, 0.05) is 18.7 Å². The Balaban J connectivity index is 1.79. The number of nitrogens with one attached hydrogen (secondary N) is 3. The number of aryl methyl sites for hydroxylation is 1. The predicted molar refractivity (Wildman–Crippen MR) is 107 cm³/mol. The average Bonchev–Trinajstić information content (AvgIpc) is 2.70. The van der Waals surface area contributed by atoms with Gasteiger partial charge in [0.15, 0.2) is 0 Å². The molecule has 0 saturated carbocycles. The summed E-state index contributed by atoms with van der Waals surface area (Å²) in [6.07, 6.45) is 0.0117. The third-order valence-corrected chi connectivity index (χ3v) is 4.73. The van der Waals surface area contributed by atoms with Gasteiger partial charge in [-0.15, -0.1) is 0 Å². The van der Waals surface area contributed by atoms with E-state index in [-0.39, 0.29) is 42.9 Å². The van der Waals surface area contributed by atoms with Crippen molar-refractivity contribution in [2.45, 2.75) is 25.8 Å². The van der Waals surface area contributed by atoms with Crippen LogP contribution in [0, 0.1) is 18.6 Å². The third-order valence-electron chi connectivity index (χ3n) is 4.73. The highest BCUT2D eigenvalue weighted by molar-refractivity contribution is 6.06. The summed E-state index contributed by atoms with van der Waals surface area (Å²) in [4.78, 5) is 35.4. The average molecular weight is 433 g/mol. The minimum absolute atomic E-state index is 0.0124. The first-order valence-electron chi connectivity index (χ1n) is 9.55. The Morgan fingerprint density at radius 1 is 1.16 bits per heavy atom. The first-order chi connectivity index (χ1) is 14.8. The van der Waals surface area contributed by atoms with Crippen LogP contribution in [0.1, 0.15) is 40.4 Å². The number of benzene rings is 2. The number of ether oxygens (including phenoxy) is 1. The Morgan fingerprint density at radius 3 is 2.61 bits per heavy atom. The van der Waals surface area contributed by atoms with Gasteiger partial charge in [0.1, 0.15) is 17.4 Å². The number of halogens is 2. The van der Waals surface area contributed by atoms with Crippen molar-refractivity contribution in [2.75, 3.05) is 18.5 Å². The summed E-state index contributed by atoms with van der Waals surface area (Å²) in [5, 5.41) is 16.2. The SMILES string of the molecule is Cc1cc(NC(=O)c2ccc(F)c3c2OCCC3NC(=O)NCCC(=O)O)ccc1F. The molecule has 1 atom stereocenters.